The quantitative estimate of drug-likeness (QED) is 0.671. The molecule has 1 amide bonds. The molecule has 3 aromatic rings. The molecule has 1 N–H and O–H groups in total. The van der Waals surface area contributed by atoms with Gasteiger partial charge >= 0.3 is 0 Å². The number of nitrogens with zero attached hydrogens (tertiary/aromatic N) is 2. The molecule has 0 aliphatic carbocycles. The lowest BCUT2D eigenvalue weighted by atomic mass is 9.96. The summed E-state index contributed by atoms with van der Waals surface area (Å²) in [7, 11) is 0. The summed E-state index contributed by atoms with van der Waals surface area (Å²) >= 11 is 0. The molecule has 4 heteroatoms. The summed E-state index contributed by atoms with van der Waals surface area (Å²) in [5, 5.41) is 5.11. The van der Waals surface area contributed by atoms with Crippen LogP contribution in [-0.2, 0) is 17.8 Å². The fraction of sp³-hybridized carbons (Fsp3) is 0.444. The third-order valence-corrected chi connectivity index (χ3v) is 7.21. The molecule has 0 bridgehead atoms. The van der Waals surface area contributed by atoms with Crippen LogP contribution in [0.2, 0.25) is 0 Å². The van der Waals surface area contributed by atoms with E-state index in [1.807, 2.05) is 0 Å². The highest BCUT2D eigenvalue weighted by atomic mass is 16.2. The minimum Gasteiger partial charge on any atom is -0.337 e. The van der Waals surface area contributed by atoms with E-state index in [0.717, 1.165) is 37.0 Å². The molecular formula is C27H33N3O. The fourth-order valence-corrected chi connectivity index (χ4v) is 5.68. The highest BCUT2D eigenvalue weighted by Gasteiger charge is 2.39. The molecule has 2 fully saturated rings. The molecule has 162 valence electrons. The predicted octanol–water partition coefficient (Wildman–Crippen LogP) is 4.69. The molecule has 2 aliphatic heterocycles. The second kappa shape index (κ2) is 8.88. The minimum atomic E-state index is 0.267. The Balaban J connectivity index is 1.35. The molecule has 5 rings (SSSR count). The minimum absolute atomic E-state index is 0.267. The van der Waals surface area contributed by atoms with Gasteiger partial charge in [0.25, 0.3) is 0 Å². The zero-order chi connectivity index (χ0) is 21.2. The van der Waals surface area contributed by atoms with Crippen molar-refractivity contribution in [2.75, 3.05) is 6.54 Å². The number of hydrogen-bond acceptors (Lipinski definition) is 2. The number of rotatable bonds is 4. The SMILES string of the molecule is Cc1cc2ccccc2n1CC(=O)N1CCCCC[C@@H]2N[C@@H](Cc3ccccc3)C[C@H]21. The molecule has 0 spiro atoms. The molecular weight excluding hydrogens is 382 g/mol. The Kier molecular flexibility index (Phi) is 5.82. The number of carbonyl (C=O) groups excluding carboxylic acids is 1. The number of benzene rings is 2. The number of carbonyl (C=O) groups is 1. The lowest BCUT2D eigenvalue weighted by Crippen LogP contribution is -2.49. The number of para-hydroxylation sites is 1. The number of nitrogens with one attached hydrogen (secondary N) is 1. The summed E-state index contributed by atoms with van der Waals surface area (Å²) < 4.78 is 2.19. The van der Waals surface area contributed by atoms with Crippen molar-refractivity contribution >= 4 is 16.8 Å². The Hall–Kier alpha value is -2.59. The van der Waals surface area contributed by atoms with Crippen molar-refractivity contribution in [1.29, 1.82) is 0 Å². The largest absolute Gasteiger partial charge is 0.337 e. The van der Waals surface area contributed by atoms with E-state index in [0.29, 0.717) is 24.7 Å². The summed E-state index contributed by atoms with van der Waals surface area (Å²) in [4.78, 5) is 15.8. The molecule has 2 aromatic carbocycles. The van der Waals surface area contributed by atoms with E-state index in [9.17, 15) is 4.79 Å². The highest BCUT2D eigenvalue weighted by Crippen LogP contribution is 2.29. The van der Waals surface area contributed by atoms with E-state index < -0.39 is 0 Å². The number of aryl methyl sites for hydroxylation is 1. The van der Waals surface area contributed by atoms with Gasteiger partial charge in [0.15, 0.2) is 0 Å². The molecule has 2 saturated heterocycles. The average molecular weight is 416 g/mol. The van der Waals surface area contributed by atoms with Crippen molar-refractivity contribution in [2.45, 2.75) is 70.1 Å². The number of amides is 1. The van der Waals surface area contributed by atoms with E-state index >= 15 is 0 Å². The van der Waals surface area contributed by atoms with Gasteiger partial charge in [-0.3, -0.25) is 4.79 Å². The van der Waals surface area contributed by atoms with Crippen molar-refractivity contribution in [1.82, 2.24) is 14.8 Å². The predicted molar refractivity (Wildman–Crippen MR) is 126 cm³/mol. The number of hydrogen-bond donors (Lipinski definition) is 1. The maximum atomic E-state index is 13.6. The second-order valence-electron chi connectivity index (χ2n) is 9.33. The van der Waals surface area contributed by atoms with Crippen LogP contribution in [0.15, 0.2) is 60.7 Å². The molecule has 31 heavy (non-hydrogen) atoms. The van der Waals surface area contributed by atoms with Gasteiger partial charge in [0, 0.05) is 35.9 Å². The molecule has 4 nitrogen and oxygen atoms in total. The zero-order valence-electron chi connectivity index (χ0n) is 18.5. The van der Waals surface area contributed by atoms with Crippen molar-refractivity contribution in [3.63, 3.8) is 0 Å². The summed E-state index contributed by atoms with van der Waals surface area (Å²) in [6.45, 7) is 3.43. The van der Waals surface area contributed by atoms with E-state index in [-0.39, 0.29) is 5.91 Å². The maximum Gasteiger partial charge on any atom is 0.242 e. The second-order valence-corrected chi connectivity index (χ2v) is 9.33. The fourth-order valence-electron chi connectivity index (χ4n) is 5.68. The molecule has 0 saturated carbocycles. The van der Waals surface area contributed by atoms with Gasteiger partial charge in [-0.25, -0.2) is 0 Å². The van der Waals surface area contributed by atoms with Crippen LogP contribution in [0.25, 0.3) is 10.9 Å². The van der Waals surface area contributed by atoms with E-state index in [2.05, 4.69) is 82.4 Å². The lowest BCUT2D eigenvalue weighted by Gasteiger charge is -2.35. The molecule has 2 aliphatic rings. The van der Waals surface area contributed by atoms with Crippen LogP contribution < -0.4 is 5.32 Å². The van der Waals surface area contributed by atoms with Crippen molar-refractivity contribution < 1.29 is 4.79 Å². The van der Waals surface area contributed by atoms with Crippen LogP contribution >= 0.6 is 0 Å². The monoisotopic (exact) mass is 415 g/mol. The first-order chi connectivity index (χ1) is 15.2. The Morgan fingerprint density at radius 3 is 2.71 bits per heavy atom. The van der Waals surface area contributed by atoms with Gasteiger partial charge in [0.05, 0.1) is 0 Å². The first-order valence-electron chi connectivity index (χ1n) is 11.8. The Labute approximate surface area is 185 Å². The van der Waals surface area contributed by atoms with Gasteiger partial charge in [-0.2, -0.15) is 0 Å². The van der Waals surface area contributed by atoms with Crippen LogP contribution in [0, 0.1) is 6.92 Å². The highest BCUT2D eigenvalue weighted by molar-refractivity contribution is 5.84. The van der Waals surface area contributed by atoms with E-state index in [1.54, 1.807) is 0 Å². The maximum absolute atomic E-state index is 13.6. The summed E-state index contributed by atoms with van der Waals surface area (Å²) in [6.07, 6.45) is 6.85. The molecule has 0 radical (unpaired) electrons. The summed E-state index contributed by atoms with van der Waals surface area (Å²) in [5.41, 5.74) is 3.69. The average Bonchev–Trinajstić information content (AvgIpc) is 3.29. The first-order valence-corrected chi connectivity index (χ1v) is 11.8. The van der Waals surface area contributed by atoms with Gasteiger partial charge < -0.3 is 14.8 Å². The summed E-state index contributed by atoms with van der Waals surface area (Å²) in [6, 6.07) is 22.5. The summed E-state index contributed by atoms with van der Waals surface area (Å²) in [5.74, 6) is 0.267. The Bertz CT molecular complexity index is 1040. The first kappa shape index (κ1) is 20.3. The number of likely N-dealkylation sites (tertiary alicyclic amines) is 1. The normalized spacial score (nSPS) is 24.0. The molecule has 3 heterocycles. The number of aromatic nitrogens is 1. The lowest BCUT2D eigenvalue weighted by molar-refractivity contribution is -0.134. The Morgan fingerprint density at radius 2 is 1.84 bits per heavy atom. The number of fused-ring (bicyclic) bond motifs is 2. The van der Waals surface area contributed by atoms with Crippen LogP contribution in [0.3, 0.4) is 0 Å². The van der Waals surface area contributed by atoms with Crippen LogP contribution in [0.4, 0.5) is 0 Å². The van der Waals surface area contributed by atoms with Gasteiger partial charge in [0.1, 0.15) is 6.54 Å². The van der Waals surface area contributed by atoms with Crippen molar-refractivity contribution in [3.05, 3.63) is 71.9 Å². The van der Waals surface area contributed by atoms with Crippen LogP contribution in [-0.4, -0.2) is 40.0 Å². The molecule has 1 aromatic heterocycles. The third-order valence-electron chi connectivity index (χ3n) is 7.21. The standard InChI is InChI=1S/C27H33N3O/c1-20-16-22-12-7-8-14-25(22)30(20)19-27(31)29-15-9-3-6-13-24-26(29)18-23(28-24)17-21-10-4-2-5-11-21/h2,4-5,7-8,10-12,14,16,23-24,26,28H,3,6,9,13,15,17-19H2,1H3/t23-,24-,26+/m0/s1. The van der Waals surface area contributed by atoms with Gasteiger partial charge in [-0.1, -0.05) is 61.4 Å². The van der Waals surface area contributed by atoms with Gasteiger partial charge in [-0.15, -0.1) is 0 Å². The van der Waals surface area contributed by atoms with Crippen molar-refractivity contribution in [2.24, 2.45) is 0 Å². The zero-order valence-corrected chi connectivity index (χ0v) is 18.5. The smallest absolute Gasteiger partial charge is 0.242 e. The van der Waals surface area contributed by atoms with E-state index in [1.165, 1.54) is 30.2 Å². The van der Waals surface area contributed by atoms with E-state index in [4.69, 9.17) is 0 Å². The van der Waals surface area contributed by atoms with Gasteiger partial charge in [0.2, 0.25) is 5.91 Å². The third kappa shape index (κ3) is 4.27. The van der Waals surface area contributed by atoms with Gasteiger partial charge in [-0.05, 0) is 55.7 Å². The van der Waals surface area contributed by atoms with Crippen LogP contribution in [0.5, 0.6) is 0 Å². The molecule has 3 atom stereocenters. The Morgan fingerprint density at radius 1 is 1.03 bits per heavy atom. The molecule has 0 unspecified atom stereocenters. The van der Waals surface area contributed by atoms with Crippen molar-refractivity contribution in [3.8, 4) is 0 Å². The van der Waals surface area contributed by atoms with Crippen LogP contribution in [0.1, 0.15) is 43.4 Å². The topological polar surface area (TPSA) is 37.3 Å².